The van der Waals surface area contributed by atoms with Crippen molar-refractivity contribution in [3.8, 4) is 11.5 Å². The van der Waals surface area contributed by atoms with Crippen LogP contribution >= 0.6 is 0 Å². The average molecular weight is 344 g/mol. The van der Waals surface area contributed by atoms with Gasteiger partial charge in [-0.15, -0.1) is 0 Å². The number of hydrogen-bond acceptors (Lipinski definition) is 5. The second-order valence-corrected chi connectivity index (χ2v) is 5.75. The first-order chi connectivity index (χ1) is 12.0. The number of para-hydroxylation sites is 1. The van der Waals surface area contributed by atoms with E-state index in [2.05, 4.69) is 5.32 Å². The molecular formula is C19H24N2O4. The van der Waals surface area contributed by atoms with Crippen molar-refractivity contribution >= 4 is 11.6 Å². The standard InChI is InChI=1S/C19H24N2O4/c1-21(2)14-10-8-13(9-11-14)16(22)12-20-19(23)15-6-5-7-17(24-3)18(15)25-4/h5-11,16,22H,12H2,1-4H3,(H,20,23)/t16-/m0/s1. The van der Waals surface area contributed by atoms with E-state index in [4.69, 9.17) is 9.47 Å². The second kappa shape index (κ2) is 8.39. The first kappa shape index (κ1) is 18.6. The molecule has 1 atom stereocenters. The van der Waals surface area contributed by atoms with E-state index in [-0.39, 0.29) is 12.5 Å². The van der Waals surface area contributed by atoms with Gasteiger partial charge in [-0.05, 0) is 29.8 Å². The molecule has 25 heavy (non-hydrogen) atoms. The molecule has 6 nitrogen and oxygen atoms in total. The van der Waals surface area contributed by atoms with Gasteiger partial charge >= 0.3 is 0 Å². The summed E-state index contributed by atoms with van der Waals surface area (Å²) < 4.78 is 10.5. The van der Waals surface area contributed by atoms with Crippen LogP contribution in [0.4, 0.5) is 5.69 Å². The largest absolute Gasteiger partial charge is 0.493 e. The normalized spacial score (nSPS) is 11.6. The monoisotopic (exact) mass is 344 g/mol. The molecular weight excluding hydrogens is 320 g/mol. The summed E-state index contributed by atoms with van der Waals surface area (Å²) in [6.07, 6.45) is -0.795. The first-order valence-corrected chi connectivity index (χ1v) is 7.92. The Morgan fingerprint density at radius 1 is 1.12 bits per heavy atom. The van der Waals surface area contributed by atoms with Gasteiger partial charge in [-0.3, -0.25) is 4.79 Å². The van der Waals surface area contributed by atoms with E-state index in [1.165, 1.54) is 14.2 Å². The fourth-order valence-corrected chi connectivity index (χ4v) is 2.46. The maximum absolute atomic E-state index is 12.4. The topological polar surface area (TPSA) is 71.0 Å². The summed E-state index contributed by atoms with van der Waals surface area (Å²) in [5, 5.41) is 13.0. The fraction of sp³-hybridized carbons (Fsp3) is 0.316. The van der Waals surface area contributed by atoms with E-state index >= 15 is 0 Å². The lowest BCUT2D eigenvalue weighted by atomic mass is 10.1. The summed E-state index contributed by atoms with van der Waals surface area (Å²) >= 11 is 0. The number of ether oxygens (including phenoxy) is 2. The predicted molar refractivity (Wildman–Crippen MR) is 97.6 cm³/mol. The molecule has 2 rings (SSSR count). The molecule has 0 aromatic heterocycles. The molecule has 2 N–H and O–H groups in total. The molecule has 6 heteroatoms. The Morgan fingerprint density at radius 3 is 2.36 bits per heavy atom. The first-order valence-electron chi connectivity index (χ1n) is 7.92. The van der Waals surface area contributed by atoms with E-state index < -0.39 is 6.10 Å². The maximum Gasteiger partial charge on any atom is 0.255 e. The molecule has 0 saturated heterocycles. The number of benzene rings is 2. The molecule has 0 spiro atoms. The van der Waals surface area contributed by atoms with Gasteiger partial charge in [0.2, 0.25) is 0 Å². The van der Waals surface area contributed by atoms with Crippen LogP contribution in [0.3, 0.4) is 0 Å². The van der Waals surface area contributed by atoms with E-state index in [9.17, 15) is 9.90 Å². The molecule has 0 bridgehead atoms. The molecule has 0 aliphatic carbocycles. The van der Waals surface area contributed by atoms with Crippen molar-refractivity contribution in [2.45, 2.75) is 6.10 Å². The zero-order valence-electron chi connectivity index (χ0n) is 14.9. The maximum atomic E-state index is 12.4. The zero-order valence-corrected chi connectivity index (χ0v) is 14.9. The molecule has 0 heterocycles. The van der Waals surface area contributed by atoms with Crippen molar-refractivity contribution in [1.82, 2.24) is 5.32 Å². The minimum atomic E-state index is -0.795. The van der Waals surface area contributed by atoms with E-state index in [0.29, 0.717) is 17.1 Å². The molecule has 0 radical (unpaired) electrons. The van der Waals surface area contributed by atoms with Gasteiger partial charge in [0, 0.05) is 26.3 Å². The van der Waals surface area contributed by atoms with Gasteiger partial charge in [0.05, 0.1) is 25.9 Å². The van der Waals surface area contributed by atoms with Crippen LogP contribution in [-0.4, -0.2) is 45.9 Å². The highest BCUT2D eigenvalue weighted by atomic mass is 16.5. The van der Waals surface area contributed by atoms with Crippen molar-refractivity contribution in [3.63, 3.8) is 0 Å². The number of amides is 1. The Kier molecular flexibility index (Phi) is 6.25. The Labute approximate surface area is 148 Å². The third-order valence-corrected chi connectivity index (χ3v) is 3.90. The molecule has 0 aliphatic rings. The number of carbonyl (C=O) groups excluding carboxylic acids is 1. The number of methoxy groups -OCH3 is 2. The summed E-state index contributed by atoms with van der Waals surface area (Å²) in [5.41, 5.74) is 2.14. The van der Waals surface area contributed by atoms with Gasteiger partial charge in [-0.25, -0.2) is 0 Å². The predicted octanol–water partition coefficient (Wildman–Crippen LogP) is 2.23. The number of aliphatic hydroxyl groups excluding tert-OH is 1. The van der Waals surface area contributed by atoms with Crippen LogP contribution in [0.25, 0.3) is 0 Å². The van der Waals surface area contributed by atoms with E-state index in [0.717, 1.165) is 11.3 Å². The highest BCUT2D eigenvalue weighted by molar-refractivity contribution is 5.97. The third-order valence-electron chi connectivity index (χ3n) is 3.90. The number of aliphatic hydroxyl groups is 1. The minimum Gasteiger partial charge on any atom is -0.493 e. The molecule has 2 aromatic rings. The summed E-state index contributed by atoms with van der Waals surface area (Å²) in [5.74, 6) is 0.516. The number of hydrogen-bond donors (Lipinski definition) is 2. The lowest BCUT2D eigenvalue weighted by Gasteiger charge is -2.16. The summed E-state index contributed by atoms with van der Waals surface area (Å²) in [6.45, 7) is 0.0977. The lowest BCUT2D eigenvalue weighted by Crippen LogP contribution is -2.28. The average Bonchev–Trinajstić information content (AvgIpc) is 2.64. The van der Waals surface area contributed by atoms with E-state index in [1.807, 2.05) is 43.3 Å². The van der Waals surface area contributed by atoms with Gasteiger partial charge in [0.25, 0.3) is 5.91 Å². The van der Waals surface area contributed by atoms with Gasteiger partial charge in [-0.1, -0.05) is 18.2 Å². The van der Waals surface area contributed by atoms with Crippen molar-refractivity contribution in [1.29, 1.82) is 0 Å². The molecule has 134 valence electrons. The van der Waals surface area contributed by atoms with Crippen LogP contribution in [0.1, 0.15) is 22.0 Å². The minimum absolute atomic E-state index is 0.0977. The van der Waals surface area contributed by atoms with Crippen molar-refractivity contribution < 1.29 is 19.4 Å². The molecule has 1 amide bonds. The smallest absolute Gasteiger partial charge is 0.255 e. The van der Waals surface area contributed by atoms with E-state index in [1.54, 1.807) is 18.2 Å². The Hall–Kier alpha value is -2.73. The Morgan fingerprint density at radius 2 is 1.80 bits per heavy atom. The Bertz CT molecular complexity index is 714. The molecule has 0 saturated carbocycles. The van der Waals surface area contributed by atoms with Gasteiger partial charge in [0.1, 0.15) is 0 Å². The number of anilines is 1. The highest BCUT2D eigenvalue weighted by Crippen LogP contribution is 2.30. The van der Waals surface area contributed by atoms with Crippen molar-refractivity contribution in [3.05, 3.63) is 53.6 Å². The van der Waals surface area contributed by atoms with Gasteiger partial charge < -0.3 is 24.8 Å². The number of nitrogens with one attached hydrogen (secondary N) is 1. The highest BCUT2D eigenvalue weighted by Gasteiger charge is 2.17. The number of carbonyl (C=O) groups is 1. The zero-order chi connectivity index (χ0) is 18.4. The Balaban J connectivity index is 2.04. The van der Waals surface area contributed by atoms with Crippen molar-refractivity contribution in [2.24, 2.45) is 0 Å². The quantitative estimate of drug-likeness (QED) is 0.806. The molecule has 0 aliphatic heterocycles. The summed E-state index contributed by atoms with van der Waals surface area (Å²) in [7, 11) is 6.90. The molecule has 0 fully saturated rings. The van der Waals surface area contributed by atoms with Crippen LogP contribution in [0.15, 0.2) is 42.5 Å². The SMILES string of the molecule is COc1cccc(C(=O)NC[C@H](O)c2ccc(N(C)C)cc2)c1OC. The fourth-order valence-electron chi connectivity index (χ4n) is 2.46. The second-order valence-electron chi connectivity index (χ2n) is 5.75. The lowest BCUT2D eigenvalue weighted by molar-refractivity contribution is 0.0912. The van der Waals surface area contributed by atoms with Crippen LogP contribution in [0.5, 0.6) is 11.5 Å². The number of rotatable bonds is 7. The van der Waals surface area contributed by atoms with Crippen LogP contribution in [-0.2, 0) is 0 Å². The van der Waals surface area contributed by atoms with Crippen LogP contribution < -0.4 is 19.7 Å². The third kappa shape index (κ3) is 4.42. The van der Waals surface area contributed by atoms with Gasteiger partial charge in [-0.2, -0.15) is 0 Å². The summed E-state index contributed by atoms with van der Waals surface area (Å²) in [6, 6.07) is 12.6. The van der Waals surface area contributed by atoms with Crippen molar-refractivity contribution in [2.75, 3.05) is 39.8 Å². The number of nitrogens with zero attached hydrogens (tertiary/aromatic N) is 1. The van der Waals surface area contributed by atoms with Crippen LogP contribution in [0.2, 0.25) is 0 Å². The van der Waals surface area contributed by atoms with Crippen LogP contribution in [0, 0.1) is 0 Å². The van der Waals surface area contributed by atoms with Gasteiger partial charge in [0.15, 0.2) is 11.5 Å². The molecule has 2 aromatic carbocycles. The summed E-state index contributed by atoms with van der Waals surface area (Å²) in [4.78, 5) is 14.4. The molecule has 0 unspecified atom stereocenters.